The Morgan fingerprint density at radius 2 is 2.09 bits per heavy atom. The Kier molecular flexibility index (Phi) is 5.02. The SMILES string of the molecule is CCCNC(=O)c1cccc(C(N)=O)c1-c1ncc([N+](=O)[O-])s1. The Balaban J connectivity index is 2.59. The Morgan fingerprint density at radius 3 is 2.65 bits per heavy atom. The summed E-state index contributed by atoms with van der Waals surface area (Å²) < 4.78 is 0. The smallest absolute Gasteiger partial charge is 0.344 e. The predicted octanol–water partition coefficient (Wildman–Crippen LogP) is 1.96. The van der Waals surface area contributed by atoms with Crippen LogP contribution in [-0.2, 0) is 0 Å². The molecule has 8 nitrogen and oxygen atoms in total. The monoisotopic (exact) mass is 334 g/mol. The van der Waals surface area contributed by atoms with E-state index in [0.29, 0.717) is 6.54 Å². The maximum Gasteiger partial charge on any atom is 0.344 e. The fourth-order valence-electron chi connectivity index (χ4n) is 1.98. The molecule has 1 aromatic heterocycles. The fraction of sp³-hybridized carbons (Fsp3) is 0.214. The van der Waals surface area contributed by atoms with E-state index in [4.69, 9.17) is 5.73 Å². The molecule has 3 N–H and O–H groups in total. The van der Waals surface area contributed by atoms with Crippen LogP contribution in [-0.4, -0.2) is 28.3 Å². The minimum absolute atomic E-state index is 0.0957. The number of aromatic nitrogens is 1. The molecule has 1 heterocycles. The van der Waals surface area contributed by atoms with Crippen LogP contribution < -0.4 is 11.1 Å². The topological polar surface area (TPSA) is 128 Å². The van der Waals surface area contributed by atoms with Crippen molar-refractivity contribution in [2.24, 2.45) is 5.73 Å². The van der Waals surface area contributed by atoms with Gasteiger partial charge in [-0.25, -0.2) is 4.98 Å². The predicted molar refractivity (Wildman–Crippen MR) is 85.3 cm³/mol. The molecule has 0 radical (unpaired) electrons. The number of nitrogens with two attached hydrogens (primary N) is 1. The lowest BCUT2D eigenvalue weighted by Crippen LogP contribution is -2.25. The van der Waals surface area contributed by atoms with E-state index in [0.717, 1.165) is 24.0 Å². The molecule has 0 unspecified atom stereocenters. The maximum atomic E-state index is 12.3. The molecule has 9 heteroatoms. The number of carbonyl (C=O) groups is 2. The number of rotatable bonds is 6. The van der Waals surface area contributed by atoms with Gasteiger partial charge < -0.3 is 11.1 Å². The molecule has 2 aromatic rings. The third-order valence-electron chi connectivity index (χ3n) is 3.00. The van der Waals surface area contributed by atoms with Gasteiger partial charge in [0.05, 0.1) is 16.1 Å². The van der Waals surface area contributed by atoms with E-state index in [-0.39, 0.29) is 32.6 Å². The second-order valence-electron chi connectivity index (χ2n) is 4.61. The van der Waals surface area contributed by atoms with Gasteiger partial charge in [0.15, 0.2) is 0 Å². The van der Waals surface area contributed by atoms with Crippen LogP contribution in [0.3, 0.4) is 0 Å². The maximum absolute atomic E-state index is 12.3. The number of hydrogen-bond donors (Lipinski definition) is 2. The molecule has 0 fully saturated rings. The first-order valence-electron chi connectivity index (χ1n) is 6.77. The van der Waals surface area contributed by atoms with Crippen LogP contribution in [0.1, 0.15) is 34.1 Å². The summed E-state index contributed by atoms with van der Waals surface area (Å²) in [6.07, 6.45) is 1.84. The van der Waals surface area contributed by atoms with Crippen LogP contribution in [0.25, 0.3) is 10.6 Å². The second kappa shape index (κ2) is 6.97. The van der Waals surface area contributed by atoms with Crippen molar-refractivity contribution in [3.63, 3.8) is 0 Å². The van der Waals surface area contributed by atoms with Crippen LogP contribution in [0.5, 0.6) is 0 Å². The van der Waals surface area contributed by atoms with E-state index in [9.17, 15) is 19.7 Å². The van der Waals surface area contributed by atoms with E-state index >= 15 is 0 Å². The summed E-state index contributed by atoms with van der Waals surface area (Å²) in [5.41, 5.74) is 5.88. The Labute approximate surface area is 135 Å². The average molecular weight is 334 g/mol. The van der Waals surface area contributed by atoms with Crippen LogP contribution >= 0.6 is 11.3 Å². The Bertz CT molecular complexity index is 772. The summed E-state index contributed by atoms with van der Waals surface area (Å²) in [4.78, 5) is 38.2. The van der Waals surface area contributed by atoms with Gasteiger partial charge in [-0.2, -0.15) is 0 Å². The third-order valence-corrected chi connectivity index (χ3v) is 3.96. The lowest BCUT2D eigenvalue weighted by atomic mass is 10.00. The Morgan fingerprint density at radius 1 is 1.39 bits per heavy atom. The van der Waals surface area contributed by atoms with Crippen molar-refractivity contribution >= 4 is 28.2 Å². The molecule has 2 rings (SSSR count). The first-order valence-corrected chi connectivity index (χ1v) is 7.59. The van der Waals surface area contributed by atoms with Crippen molar-refractivity contribution in [2.75, 3.05) is 6.54 Å². The second-order valence-corrected chi connectivity index (χ2v) is 5.62. The number of carbonyl (C=O) groups excluding carboxylic acids is 2. The van der Waals surface area contributed by atoms with Crippen LogP contribution in [0.4, 0.5) is 5.00 Å². The summed E-state index contributed by atoms with van der Waals surface area (Å²) in [6, 6.07) is 4.52. The van der Waals surface area contributed by atoms with Crippen molar-refractivity contribution < 1.29 is 14.5 Å². The van der Waals surface area contributed by atoms with E-state index < -0.39 is 10.8 Å². The van der Waals surface area contributed by atoms with Crippen molar-refractivity contribution in [1.82, 2.24) is 10.3 Å². The molecular formula is C14H14N4O4S. The number of nitrogens with one attached hydrogen (secondary N) is 1. The lowest BCUT2D eigenvalue weighted by molar-refractivity contribution is -0.380. The standard InChI is InChI=1S/C14H14N4O4S/c1-2-6-16-13(20)9-5-3-4-8(12(15)19)11(9)14-17-7-10(23-14)18(21)22/h3-5,7H,2,6H2,1H3,(H2,15,19)(H,16,20). The quantitative estimate of drug-likeness (QED) is 0.616. The largest absolute Gasteiger partial charge is 0.366 e. The van der Waals surface area contributed by atoms with Crippen molar-refractivity contribution in [3.8, 4) is 10.6 Å². The van der Waals surface area contributed by atoms with Gasteiger partial charge in [-0.1, -0.05) is 13.0 Å². The normalized spacial score (nSPS) is 10.3. The molecular weight excluding hydrogens is 320 g/mol. The molecule has 2 amide bonds. The zero-order chi connectivity index (χ0) is 17.0. The fourth-order valence-corrected chi connectivity index (χ4v) is 2.78. The highest BCUT2D eigenvalue weighted by atomic mass is 32.1. The molecule has 0 aliphatic carbocycles. The van der Waals surface area contributed by atoms with Crippen molar-refractivity contribution in [3.05, 3.63) is 45.6 Å². The molecule has 0 saturated carbocycles. The highest BCUT2D eigenvalue weighted by Gasteiger charge is 2.23. The van der Waals surface area contributed by atoms with E-state index in [2.05, 4.69) is 10.3 Å². The molecule has 0 aliphatic heterocycles. The number of hydrogen-bond acceptors (Lipinski definition) is 6. The molecule has 0 saturated heterocycles. The average Bonchev–Trinajstić information content (AvgIpc) is 3.01. The first kappa shape index (κ1) is 16.6. The number of nitro groups is 1. The summed E-state index contributed by atoms with van der Waals surface area (Å²) >= 11 is 0.783. The van der Waals surface area contributed by atoms with Crippen LogP contribution in [0, 0.1) is 10.1 Å². The van der Waals surface area contributed by atoms with Crippen LogP contribution in [0.2, 0.25) is 0 Å². The van der Waals surface area contributed by atoms with Gasteiger partial charge in [-0.05, 0) is 29.9 Å². The number of nitrogens with zero attached hydrogens (tertiary/aromatic N) is 2. The summed E-state index contributed by atoms with van der Waals surface area (Å²) in [5, 5.41) is 13.6. The molecule has 1 aromatic carbocycles. The zero-order valence-corrected chi connectivity index (χ0v) is 13.1. The minimum atomic E-state index is -0.733. The van der Waals surface area contributed by atoms with Gasteiger partial charge in [-0.15, -0.1) is 0 Å². The molecule has 120 valence electrons. The summed E-state index contributed by atoms with van der Waals surface area (Å²) in [5.74, 6) is -1.12. The first-order chi connectivity index (χ1) is 11.0. The Hall–Kier alpha value is -2.81. The third kappa shape index (κ3) is 3.51. The highest BCUT2D eigenvalue weighted by molar-refractivity contribution is 7.18. The molecule has 0 spiro atoms. The van der Waals surface area contributed by atoms with Crippen LogP contribution in [0.15, 0.2) is 24.4 Å². The number of thiazole rings is 1. The summed E-state index contributed by atoms with van der Waals surface area (Å²) in [7, 11) is 0. The minimum Gasteiger partial charge on any atom is -0.366 e. The molecule has 23 heavy (non-hydrogen) atoms. The number of amides is 2. The lowest BCUT2D eigenvalue weighted by Gasteiger charge is -2.11. The molecule has 0 atom stereocenters. The van der Waals surface area contributed by atoms with E-state index in [1.54, 1.807) is 0 Å². The van der Waals surface area contributed by atoms with Crippen molar-refractivity contribution in [2.45, 2.75) is 13.3 Å². The van der Waals surface area contributed by atoms with Gasteiger partial charge in [-0.3, -0.25) is 19.7 Å². The molecule has 0 aliphatic rings. The van der Waals surface area contributed by atoms with Gasteiger partial charge >= 0.3 is 5.00 Å². The van der Waals surface area contributed by atoms with Gasteiger partial charge in [0, 0.05) is 12.1 Å². The van der Waals surface area contributed by atoms with Gasteiger partial charge in [0.25, 0.3) is 5.91 Å². The van der Waals surface area contributed by atoms with E-state index in [1.807, 2.05) is 6.92 Å². The van der Waals surface area contributed by atoms with Gasteiger partial charge in [0.2, 0.25) is 5.91 Å². The van der Waals surface area contributed by atoms with E-state index in [1.165, 1.54) is 18.2 Å². The zero-order valence-electron chi connectivity index (χ0n) is 12.2. The highest BCUT2D eigenvalue weighted by Crippen LogP contribution is 2.34. The number of primary amides is 1. The van der Waals surface area contributed by atoms with Gasteiger partial charge in [0.1, 0.15) is 11.2 Å². The van der Waals surface area contributed by atoms with Crippen molar-refractivity contribution in [1.29, 1.82) is 0 Å². The number of benzene rings is 1. The summed E-state index contributed by atoms with van der Waals surface area (Å²) in [6.45, 7) is 2.38. The molecule has 0 bridgehead atoms.